The Kier molecular flexibility index (Phi) is 5.20. The Hall–Kier alpha value is -4.14. The van der Waals surface area contributed by atoms with Crippen LogP contribution >= 0.6 is 0 Å². The number of hydrogen-bond donors (Lipinski definition) is 0. The number of rotatable bonds is 4. The molecule has 1 fully saturated rings. The molecule has 2 heterocycles. The number of aromatic nitrogens is 1. The van der Waals surface area contributed by atoms with Crippen molar-refractivity contribution >= 4 is 38.2 Å². The van der Waals surface area contributed by atoms with E-state index in [1.54, 1.807) is 0 Å². The third kappa shape index (κ3) is 3.36. The summed E-state index contributed by atoms with van der Waals surface area (Å²) in [6.45, 7) is 5.80. The van der Waals surface area contributed by atoms with Gasteiger partial charge < -0.3 is 4.57 Å². The SMILES string of the molecule is CC1(C)c2c(ccc3c2ccc2c3c3ccccc3n2C[N@]2C(c3ccccc3)[C@H]2C2=CCCC=C2)C2=CC=CCC21. The van der Waals surface area contributed by atoms with E-state index in [1.165, 1.54) is 60.4 Å². The van der Waals surface area contributed by atoms with Crippen molar-refractivity contribution in [2.24, 2.45) is 5.92 Å². The Morgan fingerprint density at radius 1 is 0.762 bits per heavy atom. The predicted octanol–water partition coefficient (Wildman–Crippen LogP) is 9.86. The van der Waals surface area contributed by atoms with Crippen molar-refractivity contribution in [2.45, 2.75) is 57.3 Å². The summed E-state index contributed by atoms with van der Waals surface area (Å²) < 4.78 is 2.58. The molecule has 1 saturated heterocycles. The summed E-state index contributed by atoms with van der Waals surface area (Å²) in [5, 5.41) is 5.57. The Morgan fingerprint density at radius 2 is 1.60 bits per heavy atom. The molecule has 3 aliphatic carbocycles. The molecule has 0 N–H and O–H groups in total. The second kappa shape index (κ2) is 8.93. The standard InChI is InChI=1S/C40H36N2/c1-40(2)33-19-11-9-17-28(33)30-22-21-29-31(37(30)40)23-24-35-36(29)32-18-10-12-20-34(32)41(35)25-42-38(26-13-5-3-6-14-26)39(42)27-15-7-4-8-16-27/h3,5-7,9-18,20-24,33,38-39H,4,8,19,25H2,1-2H3/t33?,38?,39-,42-/m1/s1. The van der Waals surface area contributed by atoms with Crippen LogP contribution in [0.2, 0.25) is 0 Å². The molecule has 2 nitrogen and oxygen atoms in total. The summed E-state index contributed by atoms with van der Waals surface area (Å²) in [6.07, 6.45) is 17.6. The lowest BCUT2D eigenvalue weighted by molar-refractivity contribution is 0.410. The summed E-state index contributed by atoms with van der Waals surface area (Å²) in [6, 6.07) is 30.7. The van der Waals surface area contributed by atoms with E-state index in [4.69, 9.17) is 0 Å². The van der Waals surface area contributed by atoms with Crippen molar-refractivity contribution in [3.63, 3.8) is 0 Å². The van der Waals surface area contributed by atoms with Gasteiger partial charge in [0, 0.05) is 10.8 Å². The highest BCUT2D eigenvalue weighted by Gasteiger charge is 2.50. The van der Waals surface area contributed by atoms with Gasteiger partial charge in [0.1, 0.15) is 0 Å². The monoisotopic (exact) mass is 544 g/mol. The molecule has 0 bridgehead atoms. The zero-order valence-corrected chi connectivity index (χ0v) is 24.4. The summed E-state index contributed by atoms with van der Waals surface area (Å²) in [7, 11) is 0. The highest BCUT2D eigenvalue weighted by molar-refractivity contribution is 6.21. The van der Waals surface area contributed by atoms with Gasteiger partial charge >= 0.3 is 0 Å². The molecule has 206 valence electrons. The fourth-order valence-electron chi connectivity index (χ4n) is 8.67. The minimum absolute atomic E-state index is 0.106. The van der Waals surface area contributed by atoms with Crippen molar-refractivity contribution in [2.75, 3.05) is 0 Å². The van der Waals surface area contributed by atoms with Gasteiger partial charge in [-0.2, -0.15) is 0 Å². The topological polar surface area (TPSA) is 7.94 Å². The maximum atomic E-state index is 2.68. The Labute approximate surface area is 247 Å². The smallest absolute Gasteiger partial charge is 0.0768 e. The largest absolute Gasteiger partial charge is 0.327 e. The zero-order chi connectivity index (χ0) is 28.0. The second-order valence-corrected chi connectivity index (χ2v) is 13.2. The third-order valence-electron chi connectivity index (χ3n) is 10.7. The first-order chi connectivity index (χ1) is 20.6. The summed E-state index contributed by atoms with van der Waals surface area (Å²) >= 11 is 0. The van der Waals surface area contributed by atoms with Gasteiger partial charge in [0.15, 0.2) is 0 Å². The number of fused-ring (bicyclic) bond motifs is 9. The van der Waals surface area contributed by atoms with Crippen molar-refractivity contribution in [1.82, 2.24) is 9.47 Å². The average molecular weight is 545 g/mol. The summed E-state index contributed by atoms with van der Waals surface area (Å²) in [5.41, 5.74) is 10.2. The first kappa shape index (κ1) is 24.5. The van der Waals surface area contributed by atoms with Crippen LogP contribution < -0.4 is 0 Å². The van der Waals surface area contributed by atoms with Gasteiger partial charge in [-0.15, -0.1) is 0 Å². The molecule has 42 heavy (non-hydrogen) atoms. The van der Waals surface area contributed by atoms with Crippen LogP contribution in [0.4, 0.5) is 0 Å². The Bertz CT molecular complexity index is 2030. The van der Waals surface area contributed by atoms with Gasteiger partial charge in [-0.1, -0.05) is 117 Å². The summed E-state index contributed by atoms with van der Waals surface area (Å²) in [4.78, 5) is 2.68. The van der Waals surface area contributed by atoms with E-state index < -0.39 is 0 Å². The van der Waals surface area contributed by atoms with E-state index >= 15 is 0 Å². The van der Waals surface area contributed by atoms with E-state index in [0.717, 1.165) is 25.9 Å². The fraction of sp³-hybridized carbons (Fsp3) is 0.250. The van der Waals surface area contributed by atoms with Gasteiger partial charge in [0.25, 0.3) is 0 Å². The van der Waals surface area contributed by atoms with E-state index in [9.17, 15) is 0 Å². The molecular formula is C40H36N2. The first-order valence-electron chi connectivity index (χ1n) is 15.6. The van der Waals surface area contributed by atoms with Gasteiger partial charge in [-0.25, -0.2) is 0 Å². The maximum Gasteiger partial charge on any atom is 0.0768 e. The van der Waals surface area contributed by atoms with Crippen molar-refractivity contribution in [1.29, 1.82) is 0 Å². The minimum Gasteiger partial charge on any atom is -0.327 e. The number of nitrogens with zero attached hydrogens (tertiary/aromatic N) is 2. The van der Waals surface area contributed by atoms with Gasteiger partial charge in [-0.3, -0.25) is 4.90 Å². The van der Waals surface area contributed by atoms with Crippen LogP contribution in [-0.4, -0.2) is 15.5 Å². The van der Waals surface area contributed by atoms with Crippen molar-refractivity contribution < 1.29 is 0 Å². The highest BCUT2D eigenvalue weighted by Crippen LogP contribution is 2.56. The Balaban J connectivity index is 1.22. The lowest BCUT2D eigenvalue weighted by atomic mass is 9.74. The molecule has 0 radical (unpaired) electrons. The molecule has 9 rings (SSSR count). The molecule has 0 spiro atoms. The number of benzene rings is 4. The predicted molar refractivity (Wildman–Crippen MR) is 176 cm³/mol. The van der Waals surface area contributed by atoms with E-state index in [1.807, 2.05) is 0 Å². The van der Waals surface area contributed by atoms with Gasteiger partial charge in [-0.05, 0) is 81.3 Å². The van der Waals surface area contributed by atoms with Crippen molar-refractivity contribution in [3.05, 3.63) is 138 Å². The van der Waals surface area contributed by atoms with Crippen molar-refractivity contribution in [3.8, 4) is 0 Å². The molecule has 2 heteroatoms. The molecule has 0 amide bonds. The van der Waals surface area contributed by atoms with Crippen LogP contribution in [0.25, 0.3) is 38.2 Å². The van der Waals surface area contributed by atoms with Crippen LogP contribution in [-0.2, 0) is 12.1 Å². The number of hydrogen-bond acceptors (Lipinski definition) is 1. The molecule has 1 aromatic heterocycles. The molecular weight excluding hydrogens is 508 g/mol. The van der Waals surface area contributed by atoms with Crippen LogP contribution in [0, 0.1) is 5.92 Å². The molecule has 0 saturated carbocycles. The number of para-hydroxylation sites is 1. The van der Waals surface area contributed by atoms with Crippen LogP contribution in [0.3, 0.4) is 0 Å². The van der Waals surface area contributed by atoms with E-state index in [2.05, 4.69) is 139 Å². The Morgan fingerprint density at radius 3 is 2.45 bits per heavy atom. The second-order valence-electron chi connectivity index (χ2n) is 13.2. The minimum atomic E-state index is 0.106. The van der Waals surface area contributed by atoms with Gasteiger partial charge in [0.2, 0.25) is 0 Å². The normalized spacial score (nSPS) is 25.5. The zero-order valence-electron chi connectivity index (χ0n) is 24.4. The molecule has 4 aromatic carbocycles. The third-order valence-corrected chi connectivity index (χ3v) is 10.7. The molecule has 5 aromatic rings. The molecule has 2 unspecified atom stereocenters. The quantitative estimate of drug-likeness (QED) is 0.204. The number of allylic oxidation sites excluding steroid dienone is 6. The lowest BCUT2D eigenvalue weighted by Gasteiger charge is -2.30. The summed E-state index contributed by atoms with van der Waals surface area (Å²) in [5.74, 6) is 0.554. The fourth-order valence-corrected chi connectivity index (χ4v) is 8.67. The lowest BCUT2D eigenvalue weighted by Crippen LogP contribution is -2.24. The van der Waals surface area contributed by atoms with E-state index in [0.29, 0.717) is 18.0 Å². The highest BCUT2D eigenvalue weighted by atomic mass is 15.4. The van der Waals surface area contributed by atoms with Crippen LogP contribution in [0.15, 0.2) is 121 Å². The van der Waals surface area contributed by atoms with E-state index in [-0.39, 0.29) is 5.41 Å². The average Bonchev–Trinajstić information content (AvgIpc) is 3.60. The van der Waals surface area contributed by atoms with Crippen LogP contribution in [0.5, 0.6) is 0 Å². The maximum absolute atomic E-state index is 2.68. The molecule has 4 atom stereocenters. The molecule has 4 aliphatic rings. The molecule has 1 aliphatic heterocycles. The van der Waals surface area contributed by atoms with Gasteiger partial charge in [0.05, 0.1) is 29.8 Å². The van der Waals surface area contributed by atoms with Crippen LogP contribution in [0.1, 0.15) is 55.8 Å². The first-order valence-corrected chi connectivity index (χ1v) is 15.6.